The zero-order valence-corrected chi connectivity index (χ0v) is 21.8. The fraction of sp³-hybridized carbons (Fsp3) is 0.241. The van der Waals surface area contributed by atoms with Gasteiger partial charge in [-0.1, -0.05) is 19.3 Å². The highest BCUT2D eigenvalue weighted by Gasteiger charge is 2.23. The van der Waals surface area contributed by atoms with E-state index in [0.29, 0.717) is 50.4 Å². The number of fused-ring (bicyclic) bond motifs is 2. The summed E-state index contributed by atoms with van der Waals surface area (Å²) in [6, 6.07) is 7.07. The standard InChI is InChI=1S/C29H26FN9O/c1-16-14-39(15-33-16)22-9-10-32-27-25(22)35-28(36-27)26-23-21(37-38-26)8-7-20(24(23)30)18-11-19(13-31-12-18)34-29(40)17-5-3-2-4-6-17/h7-15,17H,2-6H2,1H3,(H,34,40)(H,37,38)(H,32,35,36). The van der Waals surface area contributed by atoms with Crippen LogP contribution < -0.4 is 5.32 Å². The number of aromatic nitrogens is 8. The van der Waals surface area contributed by atoms with Gasteiger partial charge in [0.1, 0.15) is 17.0 Å². The Morgan fingerprint density at radius 3 is 2.83 bits per heavy atom. The third-order valence-electron chi connectivity index (χ3n) is 7.54. The molecule has 11 heteroatoms. The van der Waals surface area contributed by atoms with E-state index >= 15 is 4.39 Å². The summed E-state index contributed by atoms with van der Waals surface area (Å²) >= 11 is 0. The van der Waals surface area contributed by atoms with Crippen molar-refractivity contribution in [1.82, 2.24) is 39.7 Å². The van der Waals surface area contributed by atoms with Gasteiger partial charge in [0.05, 0.1) is 40.5 Å². The van der Waals surface area contributed by atoms with Gasteiger partial charge in [-0.15, -0.1) is 0 Å². The van der Waals surface area contributed by atoms with Crippen LogP contribution in [0.5, 0.6) is 0 Å². The van der Waals surface area contributed by atoms with Crippen molar-refractivity contribution in [2.24, 2.45) is 5.92 Å². The van der Waals surface area contributed by atoms with Crippen LogP contribution in [0.3, 0.4) is 0 Å². The number of aromatic amines is 2. The number of aryl methyl sites for hydroxylation is 1. The van der Waals surface area contributed by atoms with E-state index in [9.17, 15) is 4.79 Å². The number of imidazole rings is 2. The number of rotatable bonds is 5. The van der Waals surface area contributed by atoms with Crippen molar-refractivity contribution >= 4 is 33.7 Å². The number of benzene rings is 1. The molecule has 5 heterocycles. The van der Waals surface area contributed by atoms with E-state index in [4.69, 9.17) is 0 Å². The van der Waals surface area contributed by atoms with Gasteiger partial charge in [-0.3, -0.25) is 14.9 Å². The first kappa shape index (κ1) is 24.1. The summed E-state index contributed by atoms with van der Waals surface area (Å²) < 4.78 is 18.1. The molecule has 0 aliphatic heterocycles. The van der Waals surface area contributed by atoms with Crippen molar-refractivity contribution in [3.05, 3.63) is 66.9 Å². The number of hydrogen-bond donors (Lipinski definition) is 3. The average molecular weight is 536 g/mol. The fourth-order valence-electron chi connectivity index (χ4n) is 5.51. The first-order chi connectivity index (χ1) is 19.5. The molecule has 5 aromatic heterocycles. The Morgan fingerprint density at radius 1 is 1.12 bits per heavy atom. The summed E-state index contributed by atoms with van der Waals surface area (Å²) in [7, 11) is 0. The van der Waals surface area contributed by atoms with Crippen molar-refractivity contribution in [1.29, 1.82) is 0 Å². The maximum Gasteiger partial charge on any atom is 0.227 e. The molecule has 1 aliphatic rings. The highest BCUT2D eigenvalue weighted by atomic mass is 19.1. The molecular formula is C29H26FN9O. The Morgan fingerprint density at radius 2 is 2.00 bits per heavy atom. The predicted molar refractivity (Wildman–Crippen MR) is 149 cm³/mol. The van der Waals surface area contributed by atoms with E-state index in [0.717, 1.165) is 37.1 Å². The van der Waals surface area contributed by atoms with E-state index in [1.165, 1.54) is 6.42 Å². The van der Waals surface area contributed by atoms with Crippen LogP contribution in [-0.4, -0.2) is 45.6 Å². The van der Waals surface area contributed by atoms with Gasteiger partial charge in [0.15, 0.2) is 11.5 Å². The largest absolute Gasteiger partial charge is 0.333 e. The number of hydrogen-bond acceptors (Lipinski definition) is 6. The van der Waals surface area contributed by atoms with Crippen molar-refractivity contribution < 1.29 is 9.18 Å². The zero-order chi connectivity index (χ0) is 27.2. The SMILES string of the molecule is Cc1cn(-c2ccnc3nc(-c4n[nH]c5ccc(-c6cncc(NC(=O)C7CCCCC7)c6)c(F)c45)[nH]c23)cn1. The Hall–Kier alpha value is -4.93. The van der Waals surface area contributed by atoms with E-state index in [2.05, 4.69) is 40.4 Å². The average Bonchev–Trinajstić information content (AvgIpc) is 3.72. The summed E-state index contributed by atoms with van der Waals surface area (Å²) in [6.45, 7) is 1.92. The molecule has 0 radical (unpaired) electrons. The lowest BCUT2D eigenvalue weighted by Gasteiger charge is -2.20. The number of pyridine rings is 2. The van der Waals surface area contributed by atoms with Crippen molar-refractivity contribution in [2.45, 2.75) is 39.0 Å². The third kappa shape index (κ3) is 4.19. The molecule has 1 aromatic carbocycles. The van der Waals surface area contributed by atoms with Gasteiger partial charge in [-0.05, 0) is 44.0 Å². The number of anilines is 1. The molecule has 0 spiro atoms. The molecule has 1 amide bonds. The molecule has 1 saturated carbocycles. The molecule has 0 saturated heterocycles. The van der Waals surface area contributed by atoms with Crippen LogP contribution in [0.1, 0.15) is 37.8 Å². The summed E-state index contributed by atoms with van der Waals surface area (Å²) in [5.74, 6) is -0.0654. The maximum atomic E-state index is 16.2. The molecule has 0 unspecified atom stereocenters. The second kappa shape index (κ2) is 9.67. The molecule has 1 fully saturated rings. The zero-order valence-electron chi connectivity index (χ0n) is 21.8. The molecule has 40 heavy (non-hydrogen) atoms. The minimum Gasteiger partial charge on any atom is -0.333 e. The summed E-state index contributed by atoms with van der Waals surface area (Å²) in [5.41, 5.74) is 5.20. The summed E-state index contributed by atoms with van der Waals surface area (Å²) in [4.78, 5) is 33.6. The molecule has 200 valence electrons. The van der Waals surface area contributed by atoms with Gasteiger partial charge in [0.25, 0.3) is 0 Å². The van der Waals surface area contributed by atoms with Crippen LogP contribution in [0.2, 0.25) is 0 Å². The molecule has 7 rings (SSSR count). The minimum absolute atomic E-state index is 0.00425. The van der Waals surface area contributed by atoms with E-state index in [1.807, 2.05) is 23.8 Å². The lowest BCUT2D eigenvalue weighted by atomic mass is 9.88. The Kier molecular flexibility index (Phi) is 5.84. The smallest absolute Gasteiger partial charge is 0.227 e. The highest BCUT2D eigenvalue weighted by Crippen LogP contribution is 2.35. The van der Waals surface area contributed by atoms with Crippen molar-refractivity contribution in [3.8, 4) is 28.3 Å². The number of halogens is 1. The topological polar surface area (TPSA) is 130 Å². The van der Waals surface area contributed by atoms with Crippen LogP contribution in [0.4, 0.5) is 10.1 Å². The van der Waals surface area contributed by atoms with Crippen LogP contribution in [0, 0.1) is 18.7 Å². The molecule has 0 bridgehead atoms. The molecule has 1 aliphatic carbocycles. The minimum atomic E-state index is -0.460. The number of H-pyrrole nitrogens is 2. The lowest BCUT2D eigenvalue weighted by Crippen LogP contribution is -2.24. The third-order valence-corrected chi connectivity index (χ3v) is 7.54. The Labute approximate surface area is 228 Å². The van der Waals surface area contributed by atoms with Gasteiger partial charge >= 0.3 is 0 Å². The Bertz CT molecular complexity index is 1880. The number of amides is 1. The molecular weight excluding hydrogens is 509 g/mol. The van der Waals surface area contributed by atoms with Crippen molar-refractivity contribution in [3.63, 3.8) is 0 Å². The van der Waals surface area contributed by atoms with E-state index in [1.54, 1.807) is 43.1 Å². The number of nitrogens with zero attached hydrogens (tertiary/aromatic N) is 6. The molecule has 6 aromatic rings. The second-order valence-corrected chi connectivity index (χ2v) is 10.2. The molecule has 0 atom stereocenters. The number of carbonyl (C=O) groups excluding carboxylic acids is 1. The van der Waals surface area contributed by atoms with Crippen LogP contribution in [0.25, 0.3) is 50.4 Å². The van der Waals surface area contributed by atoms with Gasteiger partial charge in [-0.25, -0.2) is 19.3 Å². The van der Waals surface area contributed by atoms with Gasteiger partial charge in [-0.2, -0.15) is 5.10 Å². The predicted octanol–water partition coefficient (Wildman–Crippen LogP) is 5.72. The number of nitrogens with one attached hydrogen (secondary N) is 3. The van der Waals surface area contributed by atoms with Gasteiger partial charge in [0, 0.05) is 35.6 Å². The second-order valence-electron chi connectivity index (χ2n) is 10.2. The van der Waals surface area contributed by atoms with Gasteiger partial charge in [0.2, 0.25) is 5.91 Å². The van der Waals surface area contributed by atoms with Crippen LogP contribution in [0.15, 0.2) is 55.4 Å². The first-order valence-corrected chi connectivity index (χ1v) is 13.3. The van der Waals surface area contributed by atoms with Crippen molar-refractivity contribution in [2.75, 3.05) is 5.32 Å². The maximum absolute atomic E-state index is 16.2. The Balaban J connectivity index is 1.26. The number of carbonyl (C=O) groups is 1. The highest BCUT2D eigenvalue weighted by molar-refractivity contribution is 5.97. The molecule has 3 N–H and O–H groups in total. The van der Waals surface area contributed by atoms with Crippen LogP contribution >= 0.6 is 0 Å². The van der Waals surface area contributed by atoms with Crippen LogP contribution in [-0.2, 0) is 4.79 Å². The fourth-order valence-corrected chi connectivity index (χ4v) is 5.51. The monoisotopic (exact) mass is 535 g/mol. The lowest BCUT2D eigenvalue weighted by molar-refractivity contribution is -0.120. The first-order valence-electron chi connectivity index (χ1n) is 13.3. The normalized spacial score (nSPS) is 14.2. The summed E-state index contributed by atoms with van der Waals surface area (Å²) in [5, 5.41) is 10.6. The van der Waals surface area contributed by atoms with Gasteiger partial charge < -0.3 is 14.9 Å². The molecule has 10 nitrogen and oxygen atoms in total. The van der Waals surface area contributed by atoms with E-state index < -0.39 is 5.82 Å². The summed E-state index contributed by atoms with van der Waals surface area (Å²) in [6.07, 6.45) is 13.6. The quantitative estimate of drug-likeness (QED) is 0.259. The van der Waals surface area contributed by atoms with E-state index in [-0.39, 0.29) is 11.8 Å².